The Hall–Kier alpha value is -3.98. The first-order chi connectivity index (χ1) is 17.0. The number of amides is 2. The normalized spacial score (nSPS) is 15.9. The van der Waals surface area contributed by atoms with Gasteiger partial charge in [-0.25, -0.2) is 9.18 Å². The van der Waals surface area contributed by atoms with E-state index >= 15 is 0 Å². The highest BCUT2D eigenvalue weighted by atomic mass is 32.1. The highest BCUT2D eigenvalue weighted by Crippen LogP contribution is 2.38. The van der Waals surface area contributed by atoms with Crippen LogP contribution in [0.2, 0.25) is 0 Å². The lowest BCUT2D eigenvalue weighted by atomic mass is 9.94. The SMILES string of the molecule is CCOc1cccc(CN2C(=O)NC(c3ccc(F)cc3)C(c3nc(-c4cccs4)no3)=C2C)c1. The maximum Gasteiger partial charge on any atom is 0.322 e. The van der Waals surface area contributed by atoms with Crippen molar-refractivity contribution in [1.29, 1.82) is 0 Å². The molecule has 35 heavy (non-hydrogen) atoms. The lowest BCUT2D eigenvalue weighted by molar-refractivity contribution is 0.203. The summed E-state index contributed by atoms with van der Waals surface area (Å²) in [5.41, 5.74) is 2.96. The van der Waals surface area contributed by atoms with Crippen LogP contribution in [0.25, 0.3) is 16.3 Å². The fourth-order valence-corrected chi connectivity index (χ4v) is 4.72. The average Bonchev–Trinajstić information content (AvgIpc) is 3.55. The van der Waals surface area contributed by atoms with Crippen LogP contribution in [0.4, 0.5) is 9.18 Å². The molecule has 2 aromatic carbocycles. The van der Waals surface area contributed by atoms with Crippen molar-refractivity contribution in [2.75, 3.05) is 6.61 Å². The minimum atomic E-state index is -0.578. The molecule has 2 aromatic heterocycles. The third kappa shape index (κ3) is 4.67. The summed E-state index contributed by atoms with van der Waals surface area (Å²) < 4.78 is 24.9. The van der Waals surface area contributed by atoms with Crippen molar-refractivity contribution in [2.45, 2.75) is 26.4 Å². The highest BCUT2D eigenvalue weighted by Gasteiger charge is 2.36. The lowest BCUT2D eigenvalue weighted by Gasteiger charge is -2.35. The Morgan fingerprint density at radius 3 is 2.74 bits per heavy atom. The summed E-state index contributed by atoms with van der Waals surface area (Å²) in [5, 5.41) is 9.13. The van der Waals surface area contributed by atoms with Crippen molar-refractivity contribution < 1.29 is 18.4 Å². The summed E-state index contributed by atoms with van der Waals surface area (Å²) in [6.45, 7) is 4.66. The Kier molecular flexibility index (Phi) is 6.33. The molecule has 4 aromatic rings. The van der Waals surface area contributed by atoms with Gasteiger partial charge < -0.3 is 14.6 Å². The monoisotopic (exact) mass is 490 g/mol. The van der Waals surface area contributed by atoms with Gasteiger partial charge in [-0.15, -0.1) is 11.3 Å². The first-order valence-electron chi connectivity index (χ1n) is 11.2. The quantitative estimate of drug-likeness (QED) is 0.342. The molecule has 5 rings (SSSR count). The second-order valence-corrected chi connectivity index (χ2v) is 8.95. The number of allylic oxidation sites excluding steroid dienone is 1. The second-order valence-electron chi connectivity index (χ2n) is 8.00. The third-order valence-corrected chi connectivity index (χ3v) is 6.61. The second kappa shape index (κ2) is 9.71. The smallest absolute Gasteiger partial charge is 0.322 e. The van der Waals surface area contributed by atoms with Gasteiger partial charge in [0.2, 0.25) is 5.82 Å². The first-order valence-corrected chi connectivity index (χ1v) is 12.1. The largest absolute Gasteiger partial charge is 0.494 e. The molecule has 0 saturated heterocycles. The molecule has 9 heteroatoms. The van der Waals surface area contributed by atoms with Gasteiger partial charge in [-0.1, -0.05) is 35.5 Å². The number of halogens is 1. The van der Waals surface area contributed by atoms with Gasteiger partial charge in [0.25, 0.3) is 5.89 Å². The first kappa shape index (κ1) is 22.8. The molecular weight excluding hydrogens is 467 g/mol. The summed E-state index contributed by atoms with van der Waals surface area (Å²) >= 11 is 1.51. The zero-order valence-corrected chi connectivity index (χ0v) is 20.0. The Labute approximate surface area is 205 Å². The van der Waals surface area contributed by atoms with E-state index in [9.17, 15) is 9.18 Å². The van der Waals surface area contributed by atoms with E-state index in [0.29, 0.717) is 41.7 Å². The van der Waals surface area contributed by atoms with Crippen molar-refractivity contribution in [3.05, 3.63) is 94.6 Å². The van der Waals surface area contributed by atoms with Gasteiger partial charge in [0.1, 0.15) is 11.6 Å². The van der Waals surface area contributed by atoms with Crippen LogP contribution < -0.4 is 10.1 Å². The maximum absolute atomic E-state index is 13.6. The van der Waals surface area contributed by atoms with Crippen LogP contribution in [0.1, 0.15) is 36.9 Å². The Balaban J connectivity index is 1.57. The molecule has 0 bridgehead atoms. The zero-order valence-electron chi connectivity index (χ0n) is 19.2. The van der Waals surface area contributed by atoms with Crippen LogP contribution in [0, 0.1) is 5.82 Å². The standard InChI is InChI=1S/C26H23FN4O3S/c1-3-33-20-7-4-6-17(14-20)15-31-16(2)22(25-29-24(30-34-25)21-8-5-13-35-21)23(28-26(31)32)18-9-11-19(27)12-10-18/h4-14,23H,3,15H2,1-2H3,(H,28,32). The number of nitrogens with zero attached hydrogens (tertiary/aromatic N) is 3. The van der Waals surface area contributed by atoms with E-state index in [0.717, 1.165) is 16.2 Å². The van der Waals surface area contributed by atoms with Crippen LogP contribution in [-0.2, 0) is 6.54 Å². The maximum atomic E-state index is 13.6. The molecule has 2 amide bonds. The van der Waals surface area contributed by atoms with E-state index in [1.165, 1.54) is 23.5 Å². The molecule has 1 aliphatic heterocycles. The number of urea groups is 1. The number of aromatic nitrogens is 2. The van der Waals surface area contributed by atoms with E-state index in [1.54, 1.807) is 17.0 Å². The molecule has 1 N–H and O–H groups in total. The molecular formula is C26H23FN4O3S. The molecule has 178 valence electrons. The van der Waals surface area contributed by atoms with Crippen LogP contribution >= 0.6 is 11.3 Å². The van der Waals surface area contributed by atoms with E-state index in [-0.39, 0.29) is 11.8 Å². The van der Waals surface area contributed by atoms with Gasteiger partial charge >= 0.3 is 6.03 Å². The van der Waals surface area contributed by atoms with Crippen LogP contribution in [-0.4, -0.2) is 27.7 Å². The number of benzene rings is 2. The predicted molar refractivity (Wildman–Crippen MR) is 131 cm³/mol. The van der Waals surface area contributed by atoms with E-state index in [2.05, 4.69) is 15.5 Å². The molecule has 0 spiro atoms. The predicted octanol–water partition coefficient (Wildman–Crippen LogP) is 6.03. The number of nitrogens with one attached hydrogen (secondary N) is 1. The molecule has 0 aliphatic carbocycles. The minimum Gasteiger partial charge on any atom is -0.494 e. The van der Waals surface area contributed by atoms with Gasteiger partial charge in [0.15, 0.2) is 0 Å². The molecule has 3 heterocycles. The summed E-state index contributed by atoms with van der Waals surface area (Å²) in [4.78, 5) is 20.4. The number of carbonyl (C=O) groups is 1. The average molecular weight is 491 g/mol. The van der Waals surface area contributed by atoms with Gasteiger partial charge in [0.05, 0.1) is 29.6 Å². The Morgan fingerprint density at radius 2 is 2.00 bits per heavy atom. The van der Waals surface area contributed by atoms with Crippen LogP contribution in [0.5, 0.6) is 5.75 Å². The highest BCUT2D eigenvalue weighted by molar-refractivity contribution is 7.13. The number of hydrogen-bond donors (Lipinski definition) is 1. The van der Waals surface area contributed by atoms with Crippen LogP contribution in [0.15, 0.2) is 76.3 Å². The summed E-state index contributed by atoms with van der Waals surface area (Å²) in [7, 11) is 0. The van der Waals surface area contributed by atoms with E-state index in [4.69, 9.17) is 9.26 Å². The minimum absolute atomic E-state index is 0.277. The number of hydrogen-bond acceptors (Lipinski definition) is 6. The molecule has 0 fully saturated rings. The van der Waals surface area contributed by atoms with Crippen molar-refractivity contribution in [3.63, 3.8) is 0 Å². The molecule has 1 atom stereocenters. The molecule has 1 unspecified atom stereocenters. The Morgan fingerprint density at radius 1 is 1.17 bits per heavy atom. The van der Waals surface area contributed by atoms with Gasteiger partial charge in [-0.2, -0.15) is 4.98 Å². The zero-order chi connectivity index (χ0) is 24.4. The number of thiophene rings is 1. The molecule has 0 saturated carbocycles. The fraction of sp³-hybridized carbons (Fsp3) is 0.192. The fourth-order valence-electron chi connectivity index (χ4n) is 4.08. The van der Waals surface area contributed by atoms with Crippen molar-refractivity contribution in [3.8, 4) is 16.5 Å². The topological polar surface area (TPSA) is 80.5 Å². The van der Waals surface area contributed by atoms with Crippen molar-refractivity contribution in [1.82, 2.24) is 20.4 Å². The van der Waals surface area contributed by atoms with Gasteiger partial charge in [-0.3, -0.25) is 4.90 Å². The Bertz CT molecular complexity index is 1370. The lowest BCUT2D eigenvalue weighted by Crippen LogP contribution is -2.45. The number of ether oxygens (including phenoxy) is 1. The summed E-state index contributed by atoms with van der Waals surface area (Å²) in [6, 6.07) is 16.6. The molecule has 0 radical (unpaired) electrons. The van der Waals surface area contributed by atoms with Crippen molar-refractivity contribution in [2.24, 2.45) is 0 Å². The third-order valence-electron chi connectivity index (χ3n) is 5.75. The van der Waals surface area contributed by atoms with E-state index in [1.807, 2.05) is 55.6 Å². The van der Waals surface area contributed by atoms with Gasteiger partial charge in [0, 0.05) is 5.70 Å². The number of carbonyl (C=O) groups excluding carboxylic acids is 1. The molecule has 7 nitrogen and oxygen atoms in total. The summed E-state index contributed by atoms with van der Waals surface area (Å²) in [6.07, 6.45) is 0. The van der Waals surface area contributed by atoms with Crippen LogP contribution in [0.3, 0.4) is 0 Å². The van der Waals surface area contributed by atoms with E-state index < -0.39 is 6.04 Å². The molecule has 1 aliphatic rings. The van der Waals surface area contributed by atoms with Crippen molar-refractivity contribution >= 4 is 22.9 Å². The van der Waals surface area contributed by atoms with Gasteiger partial charge in [-0.05, 0) is 60.7 Å². The summed E-state index contributed by atoms with van der Waals surface area (Å²) in [5.74, 6) is 1.16. The number of rotatable bonds is 7.